The summed E-state index contributed by atoms with van der Waals surface area (Å²) in [5.41, 5.74) is 3.27. The van der Waals surface area contributed by atoms with Gasteiger partial charge < -0.3 is 9.67 Å². The summed E-state index contributed by atoms with van der Waals surface area (Å²) in [7, 11) is 0. The van der Waals surface area contributed by atoms with Gasteiger partial charge >= 0.3 is 0 Å². The summed E-state index contributed by atoms with van der Waals surface area (Å²) >= 11 is 0. The number of aromatic hydroxyl groups is 1. The van der Waals surface area contributed by atoms with Gasteiger partial charge in [-0.15, -0.1) is 0 Å². The van der Waals surface area contributed by atoms with Gasteiger partial charge in [-0.2, -0.15) is 0 Å². The molecule has 0 spiro atoms. The third-order valence-electron chi connectivity index (χ3n) is 5.32. The first-order chi connectivity index (χ1) is 13.2. The fourth-order valence-corrected chi connectivity index (χ4v) is 3.84. The van der Waals surface area contributed by atoms with Crippen LogP contribution >= 0.6 is 0 Å². The summed E-state index contributed by atoms with van der Waals surface area (Å²) in [4.78, 5) is 14.3. The summed E-state index contributed by atoms with van der Waals surface area (Å²) in [5.74, 6) is -0.169. The second kappa shape index (κ2) is 7.80. The van der Waals surface area contributed by atoms with Gasteiger partial charge in [0.1, 0.15) is 0 Å². The van der Waals surface area contributed by atoms with Gasteiger partial charge in [-0.05, 0) is 24.0 Å². The lowest BCUT2D eigenvalue weighted by Gasteiger charge is -2.38. The van der Waals surface area contributed by atoms with Crippen LogP contribution in [0.15, 0.2) is 77.7 Å². The largest absolute Gasteiger partial charge is 0.503 e. The van der Waals surface area contributed by atoms with Crippen LogP contribution < -0.4 is 5.43 Å². The van der Waals surface area contributed by atoms with Gasteiger partial charge in [0.25, 0.3) is 0 Å². The second-order valence-electron chi connectivity index (χ2n) is 7.24. The Balaban J connectivity index is 1.58. The van der Waals surface area contributed by atoms with Crippen molar-refractivity contribution in [3.63, 3.8) is 0 Å². The zero-order valence-electron chi connectivity index (χ0n) is 15.3. The van der Waals surface area contributed by atoms with Crippen LogP contribution in [0.2, 0.25) is 0 Å². The molecule has 0 saturated heterocycles. The highest BCUT2D eigenvalue weighted by Crippen LogP contribution is 2.24. The number of benzene rings is 2. The molecule has 0 radical (unpaired) electrons. The zero-order valence-corrected chi connectivity index (χ0v) is 15.3. The Hall–Kier alpha value is -2.85. The van der Waals surface area contributed by atoms with Gasteiger partial charge in [-0.3, -0.25) is 9.69 Å². The van der Waals surface area contributed by atoms with Gasteiger partial charge in [0.15, 0.2) is 5.75 Å². The molecule has 0 unspecified atom stereocenters. The van der Waals surface area contributed by atoms with Crippen molar-refractivity contribution in [1.82, 2.24) is 9.47 Å². The number of aryl methyl sites for hydroxylation is 1. The summed E-state index contributed by atoms with van der Waals surface area (Å²) in [6, 6.07) is 22.9. The van der Waals surface area contributed by atoms with Crippen LogP contribution in [-0.4, -0.2) is 20.6 Å². The summed E-state index contributed by atoms with van der Waals surface area (Å²) in [6.45, 7) is 2.35. The molecule has 0 saturated carbocycles. The smallest absolute Gasteiger partial charge is 0.223 e. The molecule has 1 aromatic heterocycles. The van der Waals surface area contributed by atoms with Crippen LogP contribution in [-0.2, 0) is 26.1 Å². The van der Waals surface area contributed by atoms with Crippen molar-refractivity contribution in [3.05, 3.63) is 100.0 Å². The minimum absolute atomic E-state index is 0.169. The molecule has 2 aromatic carbocycles. The molecular weight excluding hydrogens is 336 g/mol. The fraction of sp³-hybridized carbons (Fsp3) is 0.261. The molecule has 4 rings (SSSR count). The Labute approximate surface area is 159 Å². The van der Waals surface area contributed by atoms with Crippen molar-refractivity contribution in [1.29, 1.82) is 0 Å². The Bertz CT molecular complexity index is 951. The molecule has 138 valence electrons. The maximum Gasteiger partial charge on any atom is 0.223 e. The topological polar surface area (TPSA) is 45.5 Å². The van der Waals surface area contributed by atoms with E-state index in [1.807, 2.05) is 16.7 Å². The molecule has 0 bridgehead atoms. The quantitative estimate of drug-likeness (QED) is 0.757. The van der Waals surface area contributed by atoms with Crippen LogP contribution in [0.3, 0.4) is 0 Å². The van der Waals surface area contributed by atoms with E-state index in [4.69, 9.17) is 0 Å². The number of fused-ring (bicyclic) bond motifs is 1. The normalized spacial score (nSPS) is 16.8. The monoisotopic (exact) mass is 360 g/mol. The van der Waals surface area contributed by atoms with E-state index in [1.165, 1.54) is 11.1 Å². The first kappa shape index (κ1) is 17.6. The number of rotatable bonds is 5. The number of pyridine rings is 1. The van der Waals surface area contributed by atoms with E-state index in [-0.39, 0.29) is 11.2 Å². The molecule has 4 heteroatoms. The third kappa shape index (κ3) is 4.12. The van der Waals surface area contributed by atoms with Crippen molar-refractivity contribution in [2.45, 2.75) is 38.5 Å². The Morgan fingerprint density at radius 2 is 1.63 bits per heavy atom. The molecule has 2 heterocycles. The van der Waals surface area contributed by atoms with Gasteiger partial charge in [-0.25, -0.2) is 0 Å². The Morgan fingerprint density at radius 1 is 0.963 bits per heavy atom. The minimum Gasteiger partial charge on any atom is -0.503 e. The van der Waals surface area contributed by atoms with E-state index in [0.29, 0.717) is 12.6 Å². The molecule has 1 N–H and O–H groups in total. The predicted molar refractivity (Wildman–Crippen MR) is 107 cm³/mol. The van der Waals surface area contributed by atoms with Crippen molar-refractivity contribution in [2.24, 2.45) is 0 Å². The average Bonchev–Trinajstić information content (AvgIpc) is 2.69. The van der Waals surface area contributed by atoms with Crippen LogP contribution in [0.4, 0.5) is 0 Å². The summed E-state index contributed by atoms with van der Waals surface area (Å²) in [6.07, 6.45) is 3.63. The van der Waals surface area contributed by atoms with Gasteiger partial charge in [0, 0.05) is 37.4 Å². The first-order valence-electron chi connectivity index (χ1n) is 9.43. The molecule has 3 aromatic rings. The number of hydrogen-bond acceptors (Lipinski definition) is 3. The maximum atomic E-state index is 11.9. The van der Waals surface area contributed by atoms with E-state index in [0.717, 1.165) is 31.6 Å². The molecular formula is C23H24N2O2. The van der Waals surface area contributed by atoms with Crippen molar-refractivity contribution in [2.75, 3.05) is 0 Å². The first-order valence-corrected chi connectivity index (χ1v) is 9.43. The average molecular weight is 360 g/mol. The highest BCUT2D eigenvalue weighted by molar-refractivity contribution is 5.23. The zero-order chi connectivity index (χ0) is 18.6. The fourth-order valence-electron chi connectivity index (χ4n) is 3.84. The summed E-state index contributed by atoms with van der Waals surface area (Å²) in [5, 5.41) is 9.82. The van der Waals surface area contributed by atoms with Crippen LogP contribution in [0, 0.1) is 0 Å². The molecule has 1 atom stereocenters. The lowest BCUT2D eigenvalue weighted by molar-refractivity contribution is 0.122. The standard InChI is InChI=1S/C23H24N2O2/c26-22-13-21-16-24(14-19-9-5-2-6-10-19)20(15-25(21)17-23(22)27)12-11-18-7-3-1-4-8-18/h1-10,13,17,20,27H,11-12,14-16H2/t20-/m1/s1. The van der Waals surface area contributed by atoms with E-state index in [2.05, 4.69) is 53.4 Å². The number of nitrogens with zero attached hydrogens (tertiary/aromatic N) is 2. The molecule has 27 heavy (non-hydrogen) atoms. The third-order valence-corrected chi connectivity index (χ3v) is 5.32. The van der Waals surface area contributed by atoms with Crippen LogP contribution in [0.25, 0.3) is 0 Å². The summed E-state index contributed by atoms with van der Waals surface area (Å²) < 4.78 is 2.04. The highest BCUT2D eigenvalue weighted by Gasteiger charge is 2.26. The van der Waals surface area contributed by atoms with E-state index >= 15 is 0 Å². The second-order valence-corrected chi connectivity index (χ2v) is 7.24. The molecule has 1 aliphatic heterocycles. The Morgan fingerprint density at radius 3 is 2.33 bits per heavy atom. The van der Waals surface area contributed by atoms with Crippen molar-refractivity contribution >= 4 is 0 Å². The van der Waals surface area contributed by atoms with Crippen molar-refractivity contribution in [3.8, 4) is 5.75 Å². The number of hydrogen-bond donors (Lipinski definition) is 1. The van der Waals surface area contributed by atoms with Crippen LogP contribution in [0.5, 0.6) is 5.75 Å². The molecule has 4 nitrogen and oxygen atoms in total. The SMILES string of the molecule is O=c1cc2n(cc1O)C[C@@H](CCc1ccccc1)N(Cc1ccccc1)C2. The van der Waals surface area contributed by atoms with E-state index < -0.39 is 0 Å². The Kier molecular flexibility index (Phi) is 5.07. The van der Waals surface area contributed by atoms with Crippen molar-refractivity contribution < 1.29 is 5.11 Å². The molecule has 0 amide bonds. The highest BCUT2D eigenvalue weighted by atomic mass is 16.3. The predicted octanol–water partition coefficient (Wildman–Crippen LogP) is 3.57. The van der Waals surface area contributed by atoms with E-state index in [9.17, 15) is 9.90 Å². The van der Waals surface area contributed by atoms with Gasteiger partial charge in [0.05, 0.1) is 6.20 Å². The van der Waals surface area contributed by atoms with Gasteiger partial charge in [0.2, 0.25) is 5.43 Å². The minimum atomic E-state index is -0.302. The maximum absolute atomic E-state index is 11.9. The van der Waals surface area contributed by atoms with Gasteiger partial charge in [-0.1, -0.05) is 60.7 Å². The molecule has 0 aliphatic carbocycles. The lowest BCUT2D eigenvalue weighted by Crippen LogP contribution is -2.43. The van der Waals surface area contributed by atoms with Crippen LogP contribution in [0.1, 0.15) is 23.2 Å². The molecule has 1 aliphatic rings. The van der Waals surface area contributed by atoms with E-state index in [1.54, 1.807) is 12.3 Å². The molecule has 0 fully saturated rings. The lowest BCUT2D eigenvalue weighted by atomic mass is 10.0. The number of aromatic nitrogens is 1.